The summed E-state index contributed by atoms with van der Waals surface area (Å²) < 4.78 is 11.2. The Labute approximate surface area is 124 Å². The predicted octanol–water partition coefficient (Wildman–Crippen LogP) is 3.69. The van der Waals surface area contributed by atoms with Crippen LogP contribution < -0.4 is 4.74 Å². The molecule has 2 fully saturated rings. The lowest BCUT2D eigenvalue weighted by Crippen LogP contribution is -2.11. The zero-order valence-electron chi connectivity index (χ0n) is 11.7. The summed E-state index contributed by atoms with van der Waals surface area (Å²) in [4.78, 5) is 0. The molecule has 2 aromatic carbocycles. The van der Waals surface area contributed by atoms with E-state index in [1.54, 1.807) is 0 Å². The van der Waals surface area contributed by atoms with Crippen LogP contribution in [0.4, 0.5) is 0 Å². The molecule has 3 heteroatoms. The summed E-state index contributed by atoms with van der Waals surface area (Å²) in [5, 5.41) is 10.4. The predicted molar refractivity (Wildman–Crippen MR) is 79.3 cm³/mol. The lowest BCUT2D eigenvalue weighted by atomic mass is 9.94. The second kappa shape index (κ2) is 5.17. The number of benzene rings is 2. The Kier molecular flexibility index (Phi) is 3.17. The van der Waals surface area contributed by atoms with Gasteiger partial charge in [-0.2, -0.15) is 0 Å². The Hall–Kier alpha value is -1.84. The Morgan fingerprint density at radius 2 is 1.52 bits per heavy atom. The standard InChI is InChI=1S/C18H18O3/c19-18(13-10-16-17(11-13)21-16)12-6-8-15(9-7-12)20-14-4-2-1-3-5-14/h1-9,13,16-19H,10-11H2/t13?,16-,17+,18-/m0/s1. The lowest BCUT2D eigenvalue weighted by Gasteiger charge is -2.19. The molecule has 3 nitrogen and oxygen atoms in total. The van der Waals surface area contributed by atoms with Gasteiger partial charge in [0.25, 0.3) is 0 Å². The first-order chi connectivity index (χ1) is 10.3. The van der Waals surface area contributed by atoms with Crippen LogP contribution >= 0.6 is 0 Å². The van der Waals surface area contributed by atoms with E-state index in [2.05, 4.69) is 0 Å². The molecule has 0 spiro atoms. The van der Waals surface area contributed by atoms with Gasteiger partial charge in [-0.25, -0.2) is 0 Å². The van der Waals surface area contributed by atoms with Gasteiger partial charge in [0, 0.05) is 0 Å². The normalized spacial score (nSPS) is 28.0. The first kappa shape index (κ1) is 12.9. The van der Waals surface area contributed by atoms with Gasteiger partial charge in [-0.1, -0.05) is 30.3 Å². The molecule has 0 aromatic heterocycles. The number of para-hydroxylation sites is 1. The van der Waals surface area contributed by atoms with E-state index in [0.29, 0.717) is 18.1 Å². The largest absolute Gasteiger partial charge is 0.457 e. The third-order valence-electron chi connectivity index (χ3n) is 4.40. The summed E-state index contributed by atoms with van der Waals surface area (Å²) in [5.41, 5.74) is 0.960. The maximum Gasteiger partial charge on any atom is 0.127 e. The fraction of sp³-hybridized carbons (Fsp3) is 0.333. The van der Waals surface area contributed by atoms with E-state index in [1.165, 1.54) is 0 Å². The highest BCUT2D eigenvalue weighted by Crippen LogP contribution is 2.47. The van der Waals surface area contributed by atoms with Gasteiger partial charge in [0.1, 0.15) is 11.5 Å². The van der Waals surface area contributed by atoms with Gasteiger partial charge in [0.15, 0.2) is 0 Å². The molecule has 1 aliphatic carbocycles. The van der Waals surface area contributed by atoms with E-state index in [-0.39, 0.29) is 0 Å². The van der Waals surface area contributed by atoms with Crippen molar-refractivity contribution in [2.45, 2.75) is 31.2 Å². The van der Waals surface area contributed by atoms with E-state index >= 15 is 0 Å². The van der Waals surface area contributed by atoms with Gasteiger partial charge < -0.3 is 14.6 Å². The third kappa shape index (κ3) is 2.67. The minimum atomic E-state index is -0.396. The number of rotatable bonds is 4. The smallest absolute Gasteiger partial charge is 0.127 e. The molecule has 4 rings (SSSR count). The van der Waals surface area contributed by atoms with Crippen LogP contribution in [0.25, 0.3) is 0 Å². The summed E-state index contributed by atoms with van der Waals surface area (Å²) in [7, 11) is 0. The van der Waals surface area contributed by atoms with Crippen LogP contribution in [0.2, 0.25) is 0 Å². The topological polar surface area (TPSA) is 42.0 Å². The van der Waals surface area contributed by atoms with Crippen LogP contribution in [0.3, 0.4) is 0 Å². The van der Waals surface area contributed by atoms with E-state index in [1.807, 2.05) is 54.6 Å². The third-order valence-corrected chi connectivity index (χ3v) is 4.40. The molecule has 1 unspecified atom stereocenters. The Balaban J connectivity index is 1.43. The van der Waals surface area contributed by atoms with Crippen LogP contribution in [0, 0.1) is 5.92 Å². The second-order valence-electron chi connectivity index (χ2n) is 5.87. The molecule has 1 heterocycles. The molecular formula is C18H18O3. The first-order valence-corrected chi connectivity index (χ1v) is 7.46. The van der Waals surface area contributed by atoms with Crippen molar-refractivity contribution in [2.75, 3.05) is 0 Å². The highest BCUT2D eigenvalue weighted by molar-refractivity contribution is 5.33. The highest BCUT2D eigenvalue weighted by Gasteiger charge is 2.49. The Bertz CT molecular complexity index is 598. The average molecular weight is 282 g/mol. The molecule has 0 amide bonds. The van der Waals surface area contributed by atoms with Gasteiger partial charge in [0.05, 0.1) is 18.3 Å². The number of fused-ring (bicyclic) bond motifs is 1. The summed E-state index contributed by atoms with van der Waals surface area (Å²) in [6, 6.07) is 17.4. The van der Waals surface area contributed by atoms with Crippen LogP contribution in [-0.4, -0.2) is 17.3 Å². The number of aliphatic hydroxyl groups is 1. The van der Waals surface area contributed by atoms with Crippen LogP contribution in [0.15, 0.2) is 54.6 Å². The summed E-state index contributed by atoms with van der Waals surface area (Å²) in [6.45, 7) is 0. The van der Waals surface area contributed by atoms with Gasteiger partial charge >= 0.3 is 0 Å². The average Bonchev–Trinajstić information content (AvgIpc) is 3.14. The van der Waals surface area contributed by atoms with E-state index in [4.69, 9.17) is 9.47 Å². The molecule has 108 valence electrons. The van der Waals surface area contributed by atoms with Crippen molar-refractivity contribution in [3.63, 3.8) is 0 Å². The first-order valence-electron chi connectivity index (χ1n) is 7.46. The molecule has 1 aliphatic heterocycles. The molecule has 0 bridgehead atoms. The number of ether oxygens (including phenoxy) is 2. The van der Waals surface area contributed by atoms with Gasteiger partial charge in [-0.3, -0.25) is 0 Å². The molecule has 4 atom stereocenters. The summed E-state index contributed by atoms with van der Waals surface area (Å²) in [5.74, 6) is 1.93. The molecule has 1 saturated carbocycles. The van der Waals surface area contributed by atoms with Crippen molar-refractivity contribution in [3.05, 3.63) is 60.2 Å². The number of hydrogen-bond acceptors (Lipinski definition) is 3. The molecule has 21 heavy (non-hydrogen) atoms. The monoisotopic (exact) mass is 282 g/mol. The van der Waals surface area contributed by atoms with Crippen molar-refractivity contribution >= 4 is 0 Å². The molecule has 2 aliphatic rings. The van der Waals surface area contributed by atoms with E-state index in [0.717, 1.165) is 29.9 Å². The zero-order chi connectivity index (χ0) is 14.2. The fourth-order valence-corrected chi connectivity index (χ4v) is 3.17. The minimum absolute atomic E-state index is 0.328. The molecule has 0 radical (unpaired) electrons. The quantitative estimate of drug-likeness (QED) is 0.870. The van der Waals surface area contributed by atoms with E-state index < -0.39 is 6.10 Å². The van der Waals surface area contributed by atoms with Crippen molar-refractivity contribution in [1.29, 1.82) is 0 Å². The van der Waals surface area contributed by atoms with Crippen molar-refractivity contribution < 1.29 is 14.6 Å². The number of aliphatic hydroxyl groups excluding tert-OH is 1. The van der Waals surface area contributed by atoms with Crippen LogP contribution in [0.5, 0.6) is 11.5 Å². The highest BCUT2D eigenvalue weighted by atomic mass is 16.6. The van der Waals surface area contributed by atoms with Crippen LogP contribution in [-0.2, 0) is 4.74 Å². The number of epoxide rings is 1. The minimum Gasteiger partial charge on any atom is -0.457 e. The fourth-order valence-electron chi connectivity index (χ4n) is 3.17. The van der Waals surface area contributed by atoms with Crippen molar-refractivity contribution in [3.8, 4) is 11.5 Å². The Morgan fingerprint density at radius 1 is 0.905 bits per heavy atom. The van der Waals surface area contributed by atoms with Gasteiger partial charge in [0.2, 0.25) is 0 Å². The Morgan fingerprint density at radius 3 is 2.19 bits per heavy atom. The maximum atomic E-state index is 10.4. The molecule has 1 saturated heterocycles. The maximum absolute atomic E-state index is 10.4. The molecule has 1 N–H and O–H groups in total. The van der Waals surface area contributed by atoms with Gasteiger partial charge in [-0.15, -0.1) is 0 Å². The summed E-state index contributed by atoms with van der Waals surface area (Å²) in [6.07, 6.45) is 2.38. The number of hydrogen-bond donors (Lipinski definition) is 1. The van der Waals surface area contributed by atoms with Crippen molar-refractivity contribution in [2.24, 2.45) is 5.92 Å². The molecular weight excluding hydrogens is 264 g/mol. The lowest BCUT2D eigenvalue weighted by molar-refractivity contribution is 0.0866. The summed E-state index contributed by atoms with van der Waals surface area (Å²) >= 11 is 0. The van der Waals surface area contributed by atoms with Crippen molar-refractivity contribution in [1.82, 2.24) is 0 Å². The van der Waals surface area contributed by atoms with E-state index in [9.17, 15) is 5.11 Å². The second-order valence-corrected chi connectivity index (χ2v) is 5.87. The van der Waals surface area contributed by atoms with Gasteiger partial charge in [-0.05, 0) is 48.6 Å². The zero-order valence-corrected chi connectivity index (χ0v) is 11.7. The SMILES string of the molecule is O[C@@H](c1ccc(Oc2ccccc2)cc1)C1C[C@@H]2O[C@@H]2C1. The molecule has 2 aromatic rings. The van der Waals surface area contributed by atoms with Crippen LogP contribution in [0.1, 0.15) is 24.5 Å².